The van der Waals surface area contributed by atoms with E-state index in [4.69, 9.17) is 4.74 Å². The molecule has 0 aromatic heterocycles. The van der Waals surface area contributed by atoms with Crippen LogP contribution in [0.25, 0.3) is 0 Å². The van der Waals surface area contributed by atoms with Crippen molar-refractivity contribution >= 4 is 5.97 Å². The second-order valence-corrected chi connectivity index (χ2v) is 6.05. The van der Waals surface area contributed by atoms with E-state index >= 15 is 0 Å². The Morgan fingerprint density at radius 2 is 1.68 bits per heavy atom. The van der Waals surface area contributed by atoms with Gasteiger partial charge in [-0.2, -0.15) is 0 Å². The molecule has 2 unspecified atom stereocenters. The van der Waals surface area contributed by atoms with Gasteiger partial charge >= 0.3 is 5.97 Å². The second kappa shape index (κ2) is 6.20. The van der Waals surface area contributed by atoms with Gasteiger partial charge in [-0.05, 0) is 47.1 Å². The average Bonchev–Trinajstić information content (AvgIpc) is 2.27. The Kier molecular flexibility index (Phi) is 5.12. The van der Waals surface area contributed by atoms with E-state index in [-0.39, 0.29) is 18.1 Å². The van der Waals surface area contributed by atoms with Crippen molar-refractivity contribution < 1.29 is 9.53 Å². The summed E-state index contributed by atoms with van der Waals surface area (Å²) < 4.78 is 5.35. The molecule has 0 aliphatic rings. The quantitative estimate of drug-likeness (QED) is 0.846. The highest BCUT2D eigenvalue weighted by Crippen LogP contribution is 2.15. The van der Waals surface area contributed by atoms with Gasteiger partial charge in [0.15, 0.2) is 0 Å². The summed E-state index contributed by atoms with van der Waals surface area (Å²) in [4.78, 5) is 11.9. The molecule has 19 heavy (non-hydrogen) atoms. The first kappa shape index (κ1) is 15.7. The van der Waals surface area contributed by atoms with E-state index in [2.05, 4.69) is 36.5 Å². The van der Waals surface area contributed by atoms with Gasteiger partial charge in [0.2, 0.25) is 0 Å². The summed E-state index contributed by atoms with van der Waals surface area (Å²) in [5.74, 6) is -0.216. The number of rotatable bonds is 4. The van der Waals surface area contributed by atoms with Crippen LogP contribution in [-0.2, 0) is 9.53 Å². The first-order valence-electron chi connectivity index (χ1n) is 6.74. The molecule has 106 valence electrons. The molecule has 2 atom stereocenters. The normalized spacial score (nSPS) is 14.8. The summed E-state index contributed by atoms with van der Waals surface area (Å²) >= 11 is 0. The second-order valence-electron chi connectivity index (χ2n) is 6.05. The molecule has 0 fully saturated rings. The standard InChI is InChI=1S/C16H25NO2/c1-11-7-9-14(10-8-11)12(2)17-13(3)15(18)19-16(4,5)6/h7-10,12-13,17H,1-6H3. The maximum Gasteiger partial charge on any atom is 0.323 e. The van der Waals surface area contributed by atoms with Crippen molar-refractivity contribution in [1.29, 1.82) is 0 Å². The van der Waals surface area contributed by atoms with Crippen LogP contribution in [-0.4, -0.2) is 17.6 Å². The van der Waals surface area contributed by atoms with Crippen LogP contribution in [0.2, 0.25) is 0 Å². The molecule has 1 rings (SSSR count). The van der Waals surface area contributed by atoms with E-state index < -0.39 is 5.60 Å². The lowest BCUT2D eigenvalue weighted by Crippen LogP contribution is -2.40. The van der Waals surface area contributed by atoms with Crippen molar-refractivity contribution in [1.82, 2.24) is 5.32 Å². The van der Waals surface area contributed by atoms with Crippen molar-refractivity contribution in [3.05, 3.63) is 35.4 Å². The Hall–Kier alpha value is -1.35. The van der Waals surface area contributed by atoms with Crippen LogP contribution in [0.15, 0.2) is 24.3 Å². The van der Waals surface area contributed by atoms with Crippen molar-refractivity contribution in [2.45, 2.75) is 59.2 Å². The SMILES string of the molecule is Cc1ccc(C(C)NC(C)C(=O)OC(C)(C)C)cc1. The van der Waals surface area contributed by atoms with Crippen molar-refractivity contribution in [3.8, 4) is 0 Å². The minimum absolute atomic E-state index is 0.114. The van der Waals surface area contributed by atoms with Gasteiger partial charge in [-0.25, -0.2) is 0 Å². The number of aryl methyl sites for hydroxylation is 1. The zero-order valence-electron chi connectivity index (χ0n) is 12.8. The molecule has 0 spiro atoms. The highest BCUT2D eigenvalue weighted by atomic mass is 16.6. The lowest BCUT2D eigenvalue weighted by Gasteiger charge is -2.24. The Morgan fingerprint density at radius 1 is 1.16 bits per heavy atom. The predicted octanol–water partition coefficient (Wildman–Crippen LogP) is 3.38. The van der Waals surface area contributed by atoms with Crippen LogP contribution < -0.4 is 5.32 Å². The molecule has 0 aliphatic carbocycles. The van der Waals surface area contributed by atoms with Crippen molar-refractivity contribution in [2.24, 2.45) is 0 Å². The summed E-state index contributed by atoms with van der Waals surface area (Å²) in [6, 6.07) is 8.10. The maximum absolute atomic E-state index is 11.9. The maximum atomic E-state index is 11.9. The van der Waals surface area contributed by atoms with Gasteiger partial charge in [-0.3, -0.25) is 10.1 Å². The van der Waals surface area contributed by atoms with E-state index in [1.54, 1.807) is 0 Å². The fraction of sp³-hybridized carbons (Fsp3) is 0.562. The first-order chi connectivity index (χ1) is 8.69. The molecule has 3 heteroatoms. The van der Waals surface area contributed by atoms with Crippen molar-refractivity contribution in [2.75, 3.05) is 0 Å². The summed E-state index contributed by atoms with van der Waals surface area (Å²) in [6.07, 6.45) is 0. The van der Waals surface area contributed by atoms with Crippen LogP contribution in [0.3, 0.4) is 0 Å². The lowest BCUT2D eigenvalue weighted by molar-refractivity contribution is -0.157. The Bertz CT molecular complexity index is 417. The van der Waals surface area contributed by atoms with Crippen molar-refractivity contribution in [3.63, 3.8) is 0 Å². The van der Waals surface area contributed by atoms with Gasteiger partial charge in [0.25, 0.3) is 0 Å². The van der Waals surface area contributed by atoms with Gasteiger partial charge in [-0.15, -0.1) is 0 Å². The van der Waals surface area contributed by atoms with Gasteiger partial charge in [0.05, 0.1) is 0 Å². The predicted molar refractivity (Wildman–Crippen MR) is 78.0 cm³/mol. The van der Waals surface area contributed by atoms with Crippen LogP contribution in [0, 0.1) is 6.92 Å². The molecule has 0 saturated heterocycles. The number of esters is 1. The van der Waals surface area contributed by atoms with Gasteiger partial charge in [0.1, 0.15) is 11.6 Å². The fourth-order valence-corrected chi connectivity index (χ4v) is 1.78. The molecule has 1 aromatic carbocycles. The zero-order chi connectivity index (χ0) is 14.6. The first-order valence-corrected chi connectivity index (χ1v) is 6.74. The highest BCUT2D eigenvalue weighted by molar-refractivity contribution is 5.75. The van der Waals surface area contributed by atoms with Crippen LogP contribution in [0.1, 0.15) is 51.8 Å². The Morgan fingerprint density at radius 3 is 2.16 bits per heavy atom. The molecular weight excluding hydrogens is 238 g/mol. The van der Waals surface area contributed by atoms with Crippen LogP contribution in [0.5, 0.6) is 0 Å². The average molecular weight is 263 g/mol. The molecule has 0 radical (unpaired) electrons. The van der Waals surface area contributed by atoms with E-state index in [9.17, 15) is 4.79 Å². The van der Waals surface area contributed by atoms with E-state index in [1.165, 1.54) is 11.1 Å². The number of carbonyl (C=O) groups excluding carboxylic acids is 1. The molecule has 0 saturated carbocycles. The number of nitrogens with one attached hydrogen (secondary N) is 1. The summed E-state index contributed by atoms with van der Waals surface area (Å²) in [5.41, 5.74) is 1.96. The van der Waals surface area contributed by atoms with Crippen LogP contribution >= 0.6 is 0 Å². The number of hydrogen-bond acceptors (Lipinski definition) is 3. The third-order valence-electron chi connectivity index (χ3n) is 2.84. The minimum atomic E-state index is -0.444. The molecule has 0 amide bonds. The van der Waals surface area contributed by atoms with E-state index in [0.29, 0.717) is 0 Å². The fourth-order valence-electron chi connectivity index (χ4n) is 1.78. The smallest absolute Gasteiger partial charge is 0.323 e. The minimum Gasteiger partial charge on any atom is -0.459 e. The summed E-state index contributed by atoms with van der Waals surface area (Å²) in [6.45, 7) is 11.6. The van der Waals surface area contributed by atoms with E-state index in [1.807, 2.05) is 34.6 Å². The Balaban J connectivity index is 2.59. The van der Waals surface area contributed by atoms with Gasteiger partial charge in [0, 0.05) is 6.04 Å². The van der Waals surface area contributed by atoms with E-state index in [0.717, 1.165) is 0 Å². The molecule has 0 bridgehead atoms. The third-order valence-corrected chi connectivity index (χ3v) is 2.84. The number of ether oxygens (including phenoxy) is 1. The molecule has 0 aliphatic heterocycles. The number of carbonyl (C=O) groups is 1. The summed E-state index contributed by atoms with van der Waals surface area (Å²) in [5, 5.41) is 3.26. The molecule has 3 nitrogen and oxygen atoms in total. The summed E-state index contributed by atoms with van der Waals surface area (Å²) in [7, 11) is 0. The zero-order valence-corrected chi connectivity index (χ0v) is 12.8. The highest BCUT2D eigenvalue weighted by Gasteiger charge is 2.22. The number of benzene rings is 1. The molecule has 0 heterocycles. The monoisotopic (exact) mass is 263 g/mol. The lowest BCUT2D eigenvalue weighted by atomic mass is 10.1. The van der Waals surface area contributed by atoms with Crippen LogP contribution in [0.4, 0.5) is 0 Å². The van der Waals surface area contributed by atoms with Gasteiger partial charge in [-0.1, -0.05) is 29.8 Å². The number of hydrogen-bond donors (Lipinski definition) is 1. The molecular formula is C16H25NO2. The van der Waals surface area contributed by atoms with Gasteiger partial charge < -0.3 is 4.74 Å². The topological polar surface area (TPSA) is 38.3 Å². The molecule has 1 N–H and O–H groups in total. The molecule has 1 aromatic rings. The largest absolute Gasteiger partial charge is 0.459 e. The third kappa shape index (κ3) is 5.43. The Labute approximate surface area is 116 Å².